The third-order valence-corrected chi connectivity index (χ3v) is 5.91. The van der Waals surface area contributed by atoms with Crippen LogP contribution < -0.4 is 0 Å². The van der Waals surface area contributed by atoms with Crippen LogP contribution in [0.25, 0.3) is 0 Å². The number of hydrogen-bond donors (Lipinski definition) is 0. The molecular weight excluding hydrogens is 306 g/mol. The van der Waals surface area contributed by atoms with Crippen LogP contribution in [0.4, 0.5) is 0 Å². The molecule has 1 saturated carbocycles. The summed E-state index contributed by atoms with van der Waals surface area (Å²) in [6.07, 6.45) is 6.32. The Kier molecular flexibility index (Phi) is 4.12. The van der Waals surface area contributed by atoms with Crippen molar-refractivity contribution in [1.82, 2.24) is 14.7 Å². The summed E-state index contributed by atoms with van der Waals surface area (Å²) in [5.41, 5.74) is 1.81. The maximum absolute atomic E-state index is 13.2. The summed E-state index contributed by atoms with van der Waals surface area (Å²) in [5.74, 6) is 0.0692. The van der Waals surface area contributed by atoms with Gasteiger partial charge in [-0.1, -0.05) is 6.92 Å². The van der Waals surface area contributed by atoms with Gasteiger partial charge in [-0.2, -0.15) is 5.10 Å². The van der Waals surface area contributed by atoms with Crippen molar-refractivity contribution in [2.45, 2.75) is 51.6 Å². The van der Waals surface area contributed by atoms with Crippen molar-refractivity contribution in [2.75, 3.05) is 33.0 Å². The molecule has 1 aromatic heterocycles. The summed E-state index contributed by atoms with van der Waals surface area (Å²) in [4.78, 5) is 15.2. The molecule has 0 spiro atoms. The number of morpholine rings is 1. The molecule has 4 rings (SSSR count). The lowest BCUT2D eigenvalue weighted by molar-refractivity contribution is -0.0230. The number of carbonyl (C=O) groups excluding carboxylic acids is 1. The molecule has 0 bridgehead atoms. The molecule has 0 N–H and O–H groups in total. The van der Waals surface area contributed by atoms with E-state index in [0.717, 1.165) is 31.6 Å². The molecule has 0 radical (unpaired) electrons. The molecule has 24 heavy (non-hydrogen) atoms. The maximum atomic E-state index is 13.2. The fraction of sp³-hybridized carbons (Fsp3) is 0.778. The van der Waals surface area contributed by atoms with Crippen LogP contribution in [0.2, 0.25) is 0 Å². The molecule has 132 valence electrons. The van der Waals surface area contributed by atoms with E-state index in [4.69, 9.17) is 9.47 Å². The number of hydrogen-bond acceptors (Lipinski definition) is 4. The lowest BCUT2D eigenvalue weighted by Crippen LogP contribution is -2.52. The van der Waals surface area contributed by atoms with E-state index >= 15 is 0 Å². The molecule has 6 nitrogen and oxygen atoms in total. The summed E-state index contributed by atoms with van der Waals surface area (Å²) in [6, 6.07) is 0.534. The van der Waals surface area contributed by atoms with Crippen molar-refractivity contribution in [1.29, 1.82) is 0 Å². The number of aryl methyl sites for hydroxylation is 1. The Labute approximate surface area is 143 Å². The van der Waals surface area contributed by atoms with Crippen molar-refractivity contribution in [2.24, 2.45) is 5.41 Å². The first-order chi connectivity index (χ1) is 11.6. The van der Waals surface area contributed by atoms with Gasteiger partial charge in [-0.05, 0) is 38.0 Å². The van der Waals surface area contributed by atoms with Crippen LogP contribution in [0.3, 0.4) is 0 Å². The molecule has 3 fully saturated rings. The van der Waals surface area contributed by atoms with Crippen molar-refractivity contribution >= 4 is 5.91 Å². The predicted octanol–water partition coefficient (Wildman–Crippen LogP) is 2.18. The van der Waals surface area contributed by atoms with Gasteiger partial charge in [-0.3, -0.25) is 9.48 Å². The lowest BCUT2D eigenvalue weighted by Gasteiger charge is -2.39. The number of ether oxygens (including phenoxy) is 2. The van der Waals surface area contributed by atoms with Gasteiger partial charge in [0, 0.05) is 31.5 Å². The second-order valence-electron chi connectivity index (χ2n) is 7.73. The summed E-state index contributed by atoms with van der Waals surface area (Å²) in [7, 11) is 0. The molecule has 1 atom stereocenters. The van der Waals surface area contributed by atoms with Gasteiger partial charge in [0.1, 0.15) is 0 Å². The lowest BCUT2D eigenvalue weighted by atomic mass is 9.96. The Morgan fingerprint density at radius 1 is 1.25 bits per heavy atom. The Balaban J connectivity index is 1.56. The first kappa shape index (κ1) is 16.1. The van der Waals surface area contributed by atoms with E-state index < -0.39 is 0 Å². The van der Waals surface area contributed by atoms with E-state index in [1.807, 2.05) is 22.7 Å². The van der Waals surface area contributed by atoms with E-state index in [1.54, 1.807) is 0 Å². The Morgan fingerprint density at radius 3 is 2.71 bits per heavy atom. The standard InChI is InChI=1S/C18H27N3O3/c1-13-11-21(14-3-8-23-9-4-14)19-16(13)17(22)20-7-10-24-12-15(20)18(2)5-6-18/h11,14-15H,3-10,12H2,1-2H3. The zero-order chi connectivity index (χ0) is 16.7. The normalized spacial score (nSPS) is 27.2. The average Bonchev–Trinajstić information content (AvgIpc) is 3.25. The molecule has 6 heteroatoms. The summed E-state index contributed by atoms with van der Waals surface area (Å²) in [5, 5.41) is 4.67. The Morgan fingerprint density at radius 2 is 2.00 bits per heavy atom. The van der Waals surface area contributed by atoms with Gasteiger partial charge >= 0.3 is 0 Å². The molecule has 3 aliphatic rings. The summed E-state index contributed by atoms with van der Waals surface area (Å²) >= 11 is 0. The SMILES string of the molecule is Cc1cn(C2CCOCC2)nc1C(=O)N1CCOCC1C1(C)CC1. The van der Waals surface area contributed by atoms with Gasteiger partial charge in [-0.15, -0.1) is 0 Å². The molecule has 1 amide bonds. The second kappa shape index (κ2) is 6.15. The molecule has 1 aliphatic carbocycles. The van der Waals surface area contributed by atoms with Gasteiger partial charge in [0.05, 0.1) is 25.3 Å². The fourth-order valence-corrected chi connectivity index (χ4v) is 3.92. The highest BCUT2D eigenvalue weighted by Gasteiger charge is 2.50. The number of aromatic nitrogens is 2. The van der Waals surface area contributed by atoms with Crippen molar-refractivity contribution in [3.63, 3.8) is 0 Å². The largest absolute Gasteiger partial charge is 0.381 e. The van der Waals surface area contributed by atoms with Gasteiger partial charge < -0.3 is 14.4 Å². The van der Waals surface area contributed by atoms with Gasteiger partial charge in [0.25, 0.3) is 5.91 Å². The minimum atomic E-state index is 0.0692. The minimum absolute atomic E-state index is 0.0692. The van der Waals surface area contributed by atoms with Crippen LogP contribution in [-0.4, -0.2) is 59.6 Å². The second-order valence-corrected chi connectivity index (χ2v) is 7.73. The number of rotatable bonds is 3. The van der Waals surface area contributed by atoms with Gasteiger partial charge in [0.15, 0.2) is 5.69 Å². The third-order valence-electron chi connectivity index (χ3n) is 5.91. The number of amides is 1. The van der Waals surface area contributed by atoms with E-state index in [-0.39, 0.29) is 17.4 Å². The highest BCUT2D eigenvalue weighted by molar-refractivity contribution is 5.94. The Hall–Kier alpha value is -1.40. The molecule has 0 aromatic carbocycles. The topological polar surface area (TPSA) is 56.6 Å². The Bertz CT molecular complexity index is 617. The van der Waals surface area contributed by atoms with E-state index in [2.05, 4.69) is 12.0 Å². The van der Waals surface area contributed by atoms with Gasteiger partial charge in [0.2, 0.25) is 0 Å². The highest BCUT2D eigenvalue weighted by Crippen LogP contribution is 2.50. The average molecular weight is 333 g/mol. The third kappa shape index (κ3) is 2.86. The van der Waals surface area contributed by atoms with Crippen LogP contribution in [-0.2, 0) is 9.47 Å². The number of nitrogens with zero attached hydrogens (tertiary/aromatic N) is 3. The molecule has 1 unspecified atom stereocenters. The smallest absolute Gasteiger partial charge is 0.275 e. The van der Waals surface area contributed by atoms with Crippen molar-refractivity contribution in [3.8, 4) is 0 Å². The van der Waals surface area contributed by atoms with Crippen LogP contribution in [0, 0.1) is 12.3 Å². The summed E-state index contributed by atoms with van der Waals surface area (Å²) < 4.78 is 13.1. The predicted molar refractivity (Wildman–Crippen MR) is 89.0 cm³/mol. The van der Waals surface area contributed by atoms with E-state index in [9.17, 15) is 4.79 Å². The van der Waals surface area contributed by atoms with Crippen LogP contribution >= 0.6 is 0 Å². The van der Waals surface area contributed by atoms with Crippen LogP contribution in [0.15, 0.2) is 6.20 Å². The summed E-state index contributed by atoms with van der Waals surface area (Å²) in [6.45, 7) is 7.75. The zero-order valence-electron chi connectivity index (χ0n) is 14.7. The zero-order valence-corrected chi connectivity index (χ0v) is 14.7. The minimum Gasteiger partial charge on any atom is -0.381 e. The van der Waals surface area contributed by atoms with Crippen molar-refractivity contribution in [3.05, 3.63) is 17.5 Å². The van der Waals surface area contributed by atoms with E-state index in [0.29, 0.717) is 31.5 Å². The van der Waals surface area contributed by atoms with Crippen LogP contribution in [0.5, 0.6) is 0 Å². The molecule has 3 heterocycles. The molecule has 2 aliphatic heterocycles. The number of carbonyl (C=O) groups is 1. The molecular formula is C18H27N3O3. The van der Waals surface area contributed by atoms with Crippen molar-refractivity contribution < 1.29 is 14.3 Å². The monoisotopic (exact) mass is 333 g/mol. The van der Waals surface area contributed by atoms with Gasteiger partial charge in [-0.25, -0.2) is 0 Å². The first-order valence-electron chi connectivity index (χ1n) is 9.11. The van der Waals surface area contributed by atoms with Crippen LogP contribution in [0.1, 0.15) is 54.7 Å². The maximum Gasteiger partial charge on any atom is 0.275 e. The highest BCUT2D eigenvalue weighted by atomic mass is 16.5. The molecule has 2 saturated heterocycles. The molecule has 1 aromatic rings. The van der Waals surface area contributed by atoms with E-state index in [1.165, 1.54) is 12.8 Å². The quantitative estimate of drug-likeness (QED) is 0.851. The first-order valence-corrected chi connectivity index (χ1v) is 9.11. The fourth-order valence-electron chi connectivity index (χ4n) is 3.92.